The molecule has 1 atom stereocenters. The lowest BCUT2D eigenvalue weighted by Crippen LogP contribution is -2.33. The van der Waals surface area contributed by atoms with E-state index in [2.05, 4.69) is 5.32 Å². The number of ether oxygens (including phenoxy) is 1. The molecule has 98 valence electrons. The van der Waals surface area contributed by atoms with Crippen LogP contribution in [0, 0.1) is 5.92 Å². The topological polar surface area (TPSA) is 58.6 Å². The molecular formula is C11H20N2O3S. The van der Waals surface area contributed by atoms with Crippen LogP contribution < -0.4 is 5.32 Å². The predicted octanol–water partition coefficient (Wildman–Crippen LogP) is -0.0395. The van der Waals surface area contributed by atoms with Gasteiger partial charge in [-0.2, -0.15) is 11.8 Å². The summed E-state index contributed by atoms with van der Waals surface area (Å²) in [6, 6.07) is 0. The molecule has 1 aliphatic heterocycles. The first-order valence-corrected chi connectivity index (χ1v) is 7.09. The number of hydrogen-bond acceptors (Lipinski definition) is 4. The van der Waals surface area contributed by atoms with Gasteiger partial charge >= 0.3 is 0 Å². The third-order valence-corrected chi connectivity index (χ3v) is 3.27. The highest BCUT2D eigenvalue weighted by Crippen LogP contribution is 2.16. The van der Waals surface area contributed by atoms with Gasteiger partial charge in [-0.1, -0.05) is 0 Å². The lowest BCUT2D eigenvalue weighted by Gasteiger charge is -2.16. The summed E-state index contributed by atoms with van der Waals surface area (Å²) in [4.78, 5) is 24.7. The van der Waals surface area contributed by atoms with Gasteiger partial charge in [-0.05, 0) is 6.26 Å². The number of carbonyl (C=O) groups is 2. The molecule has 0 radical (unpaired) electrons. The molecular weight excluding hydrogens is 240 g/mol. The van der Waals surface area contributed by atoms with Crippen molar-refractivity contribution in [3.8, 4) is 0 Å². The number of hydrogen-bond donors (Lipinski definition) is 1. The Morgan fingerprint density at radius 1 is 1.65 bits per heavy atom. The second kappa shape index (κ2) is 7.55. The number of nitrogens with one attached hydrogen (secondary N) is 1. The summed E-state index contributed by atoms with van der Waals surface area (Å²) in [7, 11) is 1.63. The molecule has 6 heteroatoms. The van der Waals surface area contributed by atoms with Crippen LogP contribution in [-0.2, 0) is 14.3 Å². The fourth-order valence-electron chi connectivity index (χ4n) is 1.85. The smallest absolute Gasteiger partial charge is 0.229 e. The zero-order chi connectivity index (χ0) is 12.7. The van der Waals surface area contributed by atoms with E-state index in [1.54, 1.807) is 12.0 Å². The van der Waals surface area contributed by atoms with Crippen molar-refractivity contribution in [1.82, 2.24) is 10.2 Å². The van der Waals surface area contributed by atoms with Gasteiger partial charge in [-0.25, -0.2) is 0 Å². The van der Waals surface area contributed by atoms with E-state index >= 15 is 0 Å². The fourth-order valence-corrected chi connectivity index (χ4v) is 2.21. The Kier molecular flexibility index (Phi) is 6.36. The summed E-state index contributed by atoms with van der Waals surface area (Å²) in [6.07, 6.45) is 2.43. The SMILES string of the molecule is COCCN1CC(CNC(=O)CSC)CC1=O. The van der Waals surface area contributed by atoms with Gasteiger partial charge in [-0.15, -0.1) is 0 Å². The van der Waals surface area contributed by atoms with E-state index in [4.69, 9.17) is 4.74 Å². The fraction of sp³-hybridized carbons (Fsp3) is 0.818. The molecule has 0 spiro atoms. The Hall–Kier alpha value is -0.750. The number of carbonyl (C=O) groups excluding carboxylic acids is 2. The quantitative estimate of drug-likeness (QED) is 0.698. The van der Waals surface area contributed by atoms with Crippen LogP contribution in [-0.4, -0.2) is 62.1 Å². The van der Waals surface area contributed by atoms with Crippen molar-refractivity contribution < 1.29 is 14.3 Å². The minimum absolute atomic E-state index is 0.0419. The van der Waals surface area contributed by atoms with Crippen molar-refractivity contribution in [3.63, 3.8) is 0 Å². The third-order valence-electron chi connectivity index (χ3n) is 2.72. The molecule has 0 bridgehead atoms. The summed E-state index contributed by atoms with van der Waals surface area (Å²) in [5.41, 5.74) is 0. The lowest BCUT2D eigenvalue weighted by molar-refractivity contribution is -0.128. The Labute approximate surface area is 106 Å². The van der Waals surface area contributed by atoms with Crippen LogP contribution >= 0.6 is 11.8 Å². The molecule has 0 aromatic rings. The molecule has 1 heterocycles. The van der Waals surface area contributed by atoms with Crippen LogP contribution in [0.3, 0.4) is 0 Å². The molecule has 1 unspecified atom stereocenters. The van der Waals surface area contributed by atoms with Gasteiger partial charge in [0.2, 0.25) is 11.8 Å². The average Bonchev–Trinajstić information content (AvgIpc) is 2.65. The van der Waals surface area contributed by atoms with E-state index in [9.17, 15) is 9.59 Å². The van der Waals surface area contributed by atoms with Gasteiger partial charge in [0.25, 0.3) is 0 Å². The molecule has 5 nitrogen and oxygen atoms in total. The number of nitrogens with zero attached hydrogens (tertiary/aromatic N) is 1. The van der Waals surface area contributed by atoms with E-state index in [-0.39, 0.29) is 17.7 Å². The summed E-state index contributed by atoms with van der Waals surface area (Å²) < 4.78 is 4.95. The third kappa shape index (κ3) is 4.95. The number of amides is 2. The monoisotopic (exact) mass is 260 g/mol. The normalized spacial score (nSPS) is 19.8. The van der Waals surface area contributed by atoms with Crippen molar-refractivity contribution in [2.75, 3.05) is 45.4 Å². The highest BCUT2D eigenvalue weighted by atomic mass is 32.2. The molecule has 2 amide bonds. The summed E-state index contributed by atoms with van der Waals surface area (Å²) in [5.74, 6) is 0.922. The van der Waals surface area contributed by atoms with E-state index in [1.807, 2.05) is 6.26 Å². The van der Waals surface area contributed by atoms with Gasteiger partial charge in [0.05, 0.1) is 12.4 Å². The number of thioether (sulfide) groups is 1. The zero-order valence-electron chi connectivity index (χ0n) is 10.4. The van der Waals surface area contributed by atoms with Crippen LogP contribution in [0.4, 0.5) is 0 Å². The average molecular weight is 260 g/mol. The number of methoxy groups -OCH3 is 1. The number of likely N-dealkylation sites (tertiary alicyclic amines) is 1. The van der Waals surface area contributed by atoms with Crippen molar-refractivity contribution in [3.05, 3.63) is 0 Å². The van der Waals surface area contributed by atoms with Crippen LogP contribution in [0.1, 0.15) is 6.42 Å². The largest absolute Gasteiger partial charge is 0.383 e. The molecule has 17 heavy (non-hydrogen) atoms. The summed E-state index contributed by atoms with van der Waals surface area (Å²) >= 11 is 1.50. The molecule has 0 aliphatic carbocycles. The van der Waals surface area contributed by atoms with Crippen molar-refractivity contribution >= 4 is 23.6 Å². The Balaban J connectivity index is 2.24. The lowest BCUT2D eigenvalue weighted by atomic mass is 10.1. The van der Waals surface area contributed by atoms with Gasteiger partial charge in [0, 0.05) is 39.1 Å². The summed E-state index contributed by atoms with van der Waals surface area (Å²) in [6.45, 7) is 2.53. The highest BCUT2D eigenvalue weighted by Gasteiger charge is 2.29. The van der Waals surface area contributed by atoms with Crippen molar-refractivity contribution in [2.24, 2.45) is 5.92 Å². The molecule has 1 saturated heterocycles. The van der Waals surface area contributed by atoms with Crippen molar-refractivity contribution in [2.45, 2.75) is 6.42 Å². The highest BCUT2D eigenvalue weighted by molar-refractivity contribution is 7.99. The second-order valence-corrected chi connectivity index (χ2v) is 5.01. The van der Waals surface area contributed by atoms with Crippen LogP contribution in [0.5, 0.6) is 0 Å². The van der Waals surface area contributed by atoms with Crippen LogP contribution in [0.2, 0.25) is 0 Å². The molecule has 1 N–H and O–H groups in total. The zero-order valence-corrected chi connectivity index (χ0v) is 11.2. The molecule has 0 aromatic carbocycles. The van der Waals surface area contributed by atoms with E-state index in [0.29, 0.717) is 31.9 Å². The first kappa shape index (κ1) is 14.3. The van der Waals surface area contributed by atoms with E-state index in [0.717, 1.165) is 6.54 Å². The minimum atomic E-state index is 0.0419. The van der Waals surface area contributed by atoms with E-state index in [1.165, 1.54) is 11.8 Å². The first-order valence-electron chi connectivity index (χ1n) is 5.69. The molecule has 1 aliphatic rings. The minimum Gasteiger partial charge on any atom is -0.383 e. The molecule has 1 rings (SSSR count). The van der Waals surface area contributed by atoms with Crippen molar-refractivity contribution in [1.29, 1.82) is 0 Å². The molecule has 1 fully saturated rings. The first-order chi connectivity index (χ1) is 8.17. The van der Waals surface area contributed by atoms with Crippen LogP contribution in [0.25, 0.3) is 0 Å². The molecule has 0 saturated carbocycles. The number of rotatable bonds is 7. The predicted molar refractivity (Wildman–Crippen MR) is 68.0 cm³/mol. The van der Waals surface area contributed by atoms with Gasteiger partial charge < -0.3 is 15.0 Å². The summed E-state index contributed by atoms with van der Waals surface area (Å²) in [5, 5.41) is 2.85. The second-order valence-electron chi connectivity index (χ2n) is 4.14. The van der Waals surface area contributed by atoms with Gasteiger partial charge in [0.15, 0.2) is 0 Å². The van der Waals surface area contributed by atoms with Gasteiger partial charge in [0.1, 0.15) is 0 Å². The maximum atomic E-state index is 11.6. The molecule has 0 aromatic heterocycles. The Morgan fingerprint density at radius 3 is 3.06 bits per heavy atom. The standard InChI is InChI=1S/C11H20N2O3S/c1-16-4-3-13-7-9(5-11(13)15)6-12-10(14)8-17-2/h9H,3-8H2,1-2H3,(H,12,14). The van der Waals surface area contributed by atoms with E-state index < -0.39 is 0 Å². The maximum absolute atomic E-state index is 11.6. The Morgan fingerprint density at radius 2 is 2.41 bits per heavy atom. The van der Waals surface area contributed by atoms with Gasteiger partial charge in [-0.3, -0.25) is 9.59 Å². The maximum Gasteiger partial charge on any atom is 0.229 e. The van der Waals surface area contributed by atoms with Crippen LogP contribution in [0.15, 0.2) is 0 Å². The Bertz CT molecular complexity index is 273.